The summed E-state index contributed by atoms with van der Waals surface area (Å²) in [6, 6.07) is 3.31. The minimum Gasteiger partial charge on any atom is -0.507 e. The number of rotatable bonds is 5. The minimum absolute atomic E-state index is 0.143. The van der Waals surface area contributed by atoms with Crippen LogP contribution in [0.2, 0.25) is 0 Å². The fourth-order valence-corrected chi connectivity index (χ4v) is 1.64. The SMILES string of the molecule is C=CC(C)(C)c1cc(C=C[C]=O)c(OC)cc1O. The average Bonchev–Trinajstić information content (AvgIpc) is 2.36. The van der Waals surface area contributed by atoms with Gasteiger partial charge >= 0.3 is 0 Å². The standard InChI is InChI=1S/C15H17O3/c1-5-15(2,3)12-9-11(7-6-8-16)14(18-4)10-13(12)17/h5-7,9-10,17H,1H2,2-4H3. The van der Waals surface area contributed by atoms with E-state index in [-0.39, 0.29) is 11.2 Å². The topological polar surface area (TPSA) is 46.5 Å². The lowest BCUT2D eigenvalue weighted by molar-refractivity contribution is 0.403. The number of phenols is 1. The Morgan fingerprint density at radius 2 is 2.11 bits per heavy atom. The predicted octanol–water partition coefficient (Wildman–Crippen LogP) is 2.99. The Morgan fingerprint density at radius 1 is 1.44 bits per heavy atom. The molecule has 3 nitrogen and oxygen atoms in total. The molecule has 1 aromatic rings. The number of carbonyl (C=O) groups excluding carboxylic acids is 1. The van der Waals surface area contributed by atoms with E-state index in [1.165, 1.54) is 19.3 Å². The van der Waals surface area contributed by atoms with Crippen LogP contribution in [-0.4, -0.2) is 18.5 Å². The van der Waals surface area contributed by atoms with E-state index in [0.717, 1.165) is 5.56 Å². The highest BCUT2D eigenvalue weighted by molar-refractivity contribution is 5.76. The molecule has 0 amide bonds. The number of allylic oxidation sites excluding steroid dienone is 2. The van der Waals surface area contributed by atoms with E-state index < -0.39 is 0 Å². The van der Waals surface area contributed by atoms with Crippen LogP contribution < -0.4 is 4.74 Å². The van der Waals surface area contributed by atoms with Crippen molar-refractivity contribution in [3.63, 3.8) is 0 Å². The monoisotopic (exact) mass is 245 g/mol. The van der Waals surface area contributed by atoms with Crippen molar-refractivity contribution in [3.8, 4) is 11.5 Å². The van der Waals surface area contributed by atoms with Crippen molar-refractivity contribution in [2.45, 2.75) is 19.3 Å². The molecule has 1 N–H and O–H groups in total. The van der Waals surface area contributed by atoms with E-state index in [0.29, 0.717) is 11.3 Å². The highest BCUT2D eigenvalue weighted by Gasteiger charge is 2.21. The summed E-state index contributed by atoms with van der Waals surface area (Å²) in [7, 11) is 1.51. The van der Waals surface area contributed by atoms with Gasteiger partial charge < -0.3 is 9.84 Å². The van der Waals surface area contributed by atoms with Crippen molar-refractivity contribution in [1.29, 1.82) is 0 Å². The van der Waals surface area contributed by atoms with E-state index in [9.17, 15) is 9.90 Å². The molecule has 0 aromatic heterocycles. The molecule has 3 heteroatoms. The lowest BCUT2D eigenvalue weighted by Gasteiger charge is -2.23. The van der Waals surface area contributed by atoms with Gasteiger partial charge in [0, 0.05) is 22.6 Å². The van der Waals surface area contributed by atoms with Crippen LogP contribution in [0.3, 0.4) is 0 Å². The molecule has 0 atom stereocenters. The number of ether oxygens (including phenoxy) is 1. The highest BCUT2D eigenvalue weighted by Crippen LogP contribution is 2.37. The summed E-state index contributed by atoms with van der Waals surface area (Å²) in [6.07, 6.45) is 6.30. The second-order valence-electron chi connectivity index (χ2n) is 4.49. The van der Waals surface area contributed by atoms with Crippen molar-refractivity contribution in [2.24, 2.45) is 0 Å². The second kappa shape index (κ2) is 5.54. The van der Waals surface area contributed by atoms with Crippen molar-refractivity contribution < 1.29 is 14.6 Å². The number of phenolic OH excluding ortho intramolecular Hbond substituents is 1. The maximum absolute atomic E-state index is 10.3. The summed E-state index contributed by atoms with van der Waals surface area (Å²) in [5, 5.41) is 10.0. The Hall–Kier alpha value is -2.03. The van der Waals surface area contributed by atoms with Crippen LogP contribution in [0.5, 0.6) is 11.5 Å². The van der Waals surface area contributed by atoms with Gasteiger partial charge in [-0.15, -0.1) is 6.58 Å². The predicted molar refractivity (Wildman–Crippen MR) is 72.6 cm³/mol. The first kappa shape index (κ1) is 14.0. The summed E-state index contributed by atoms with van der Waals surface area (Å²) in [4.78, 5) is 10.3. The fourth-order valence-electron chi connectivity index (χ4n) is 1.64. The fraction of sp³-hybridized carbons (Fsp3) is 0.267. The van der Waals surface area contributed by atoms with E-state index in [4.69, 9.17) is 4.74 Å². The smallest absolute Gasteiger partial charge is 0.225 e. The van der Waals surface area contributed by atoms with Gasteiger partial charge in [0.1, 0.15) is 11.5 Å². The number of hydrogen-bond acceptors (Lipinski definition) is 3. The Kier molecular flexibility index (Phi) is 4.32. The van der Waals surface area contributed by atoms with Gasteiger partial charge in [-0.05, 0) is 18.2 Å². The van der Waals surface area contributed by atoms with Crippen LogP contribution in [0.1, 0.15) is 25.0 Å². The molecule has 0 aliphatic heterocycles. The summed E-state index contributed by atoms with van der Waals surface area (Å²) in [5.41, 5.74) is 1.07. The summed E-state index contributed by atoms with van der Waals surface area (Å²) >= 11 is 0. The molecule has 0 bridgehead atoms. The molecule has 1 rings (SSSR count). The molecule has 0 aliphatic rings. The van der Waals surface area contributed by atoms with Gasteiger partial charge in [0.05, 0.1) is 7.11 Å². The zero-order valence-corrected chi connectivity index (χ0v) is 10.9. The Labute approximate surface area is 107 Å². The van der Waals surface area contributed by atoms with Gasteiger partial charge in [0.25, 0.3) is 0 Å². The lowest BCUT2D eigenvalue weighted by Crippen LogP contribution is -2.13. The van der Waals surface area contributed by atoms with Crippen LogP contribution in [0, 0.1) is 0 Å². The molecule has 0 saturated heterocycles. The molecule has 18 heavy (non-hydrogen) atoms. The summed E-state index contributed by atoms with van der Waals surface area (Å²) < 4.78 is 5.16. The van der Waals surface area contributed by atoms with Gasteiger partial charge in [0.2, 0.25) is 6.29 Å². The second-order valence-corrected chi connectivity index (χ2v) is 4.49. The molecule has 0 unspecified atom stereocenters. The Bertz CT molecular complexity index is 485. The van der Waals surface area contributed by atoms with E-state index >= 15 is 0 Å². The summed E-state index contributed by atoms with van der Waals surface area (Å²) in [6.45, 7) is 7.65. The molecule has 0 aliphatic carbocycles. The Morgan fingerprint density at radius 3 is 2.61 bits per heavy atom. The first-order valence-electron chi connectivity index (χ1n) is 5.55. The number of benzene rings is 1. The van der Waals surface area contributed by atoms with Gasteiger partial charge in [-0.3, -0.25) is 4.79 Å². The molecule has 1 aromatic carbocycles. The molecule has 95 valence electrons. The molecular weight excluding hydrogens is 228 g/mol. The van der Waals surface area contributed by atoms with E-state index in [1.54, 1.807) is 24.5 Å². The molecule has 1 radical (unpaired) electrons. The van der Waals surface area contributed by atoms with Crippen molar-refractivity contribution >= 4 is 12.4 Å². The third-order valence-electron chi connectivity index (χ3n) is 2.88. The number of aromatic hydroxyl groups is 1. The van der Waals surface area contributed by atoms with Crippen LogP contribution in [0.4, 0.5) is 0 Å². The maximum Gasteiger partial charge on any atom is 0.225 e. The maximum atomic E-state index is 10.3. The summed E-state index contributed by atoms with van der Waals surface area (Å²) in [5.74, 6) is 0.645. The molecule has 0 fully saturated rings. The van der Waals surface area contributed by atoms with Crippen molar-refractivity contribution in [1.82, 2.24) is 0 Å². The highest BCUT2D eigenvalue weighted by atomic mass is 16.5. The van der Waals surface area contributed by atoms with Crippen LogP contribution >= 0.6 is 0 Å². The molecule has 0 heterocycles. The minimum atomic E-state index is -0.371. The zero-order chi connectivity index (χ0) is 13.8. The van der Waals surface area contributed by atoms with Crippen molar-refractivity contribution in [2.75, 3.05) is 7.11 Å². The third-order valence-corrected chi connectivity index (χ3v) is 2.88. The van der Waals surface area contributed by atoms with Crippen LogP contribution in [-0.2, 0) is 10.2 Å². The van der Waals surface area contributed by atoms with Gasteiger partial charge in [0.15, 0.2) is 0 Å². The largest absolute Gasteiger partial charge is 0.507 e. The normalized spacial score (nSPS) is 11.5. The first-order chi connectivity index (χ1) is 8.46. The van der Waals surface area contributed by atoms with Crippen LogP contribution in [0.25, 0.3) is 6.08 Å². The molecule has 0 spiro atoms. The van der Waals surface area contributed by atoms with Crippen molar-refractivity contribution in [3.05, 3.63) is 42.0 Å². The number of hydrogen-bond donors (Lipinski definition) is 1. The Balaban J connectivity index is 3.43. The van der Waals surface area contributed by atoms with Gasteiger partial charge in [-0.1, -0.05) is 19.9 Å². The van der Waals surface area contributed by atoms with E-state index in [1.807, 2.05) is 13.8 Å². The number of methoxy groups -OCH3 is 1. The van der Waals surface area contributed by atoms with Gasteiger partial charge in [-0.25, -0.2) is 0 Å². The first-order valence-corrected chi connectivity index (χ1v) is 5.55. The average molecular weight is 245 g/mol. The third kappa shape index (κ3) is 2.80. The zero-order valence-electron chi connectivity index (χ0n) is 10.9. The molecular formula is C15H17O3. The van der Waals surface area contributed by atoms with E-state index in [2.05, 4.69) is 6.58 Å². The lowest BCUT2D eigenvalue weighted by atomic mass is 9.83. The quantitative estimate of drug-likeness (QED) is 0.640. The van der Waals surface area contributed by atoms with Gasteiger partial charge in [-0.2, -0.15) is 0 Å². The van der Waals surface area contributed by atoms with Crippen LogP contribution in [0.15, 0.2) is 30.9 Å². The molecule has 0 saturated carbocycles.